The molecular weight excluding hydrogens is 192 g/mol. The highest BCUT2D eigenvalue weighted by atomic mass is 16.6. The normalized spacial score (nSPS) is 12.7. The van der Waals surface area contributed by atoms with E-state index in [4.69, 9.17) is 12.8 Å². The lowest BCUT2D eigenvalue weighted by Crippen LogP contribution is -1.98. The van der Waals surface area contributed by atoms with Gasteiger partial charge in [-0.3, -0.25) is 0 Å². The van der Waals surface area contributed by atoms with E-state index in [1.807, 2.05) is 0 Å². The van der Waals surface area contributed by atoms with E-state index in [2.05, 4.69) is 16.6 Å². The summed E-state index contributed by atoms with van der Waals surface area (Å²) in [7, 11) is 0. The van der Waals surface area contributed by atoms with Crippen LogP contribution in [0.1, 0.15) is 31.8 Å². The van der Waals surface area contributed by atoms with E-state index in [1.54, 1.807) is 0 Å². The van der Waals surface area contributed by atoms with E-state index in [1.165, 1.54) is 12.1 Å². The Kier molecular flexibility index (Phi) is 1.81. The maximum Gasteiger partial charge on any atom is 0.348 e. The van der Waals surface area contributed by atoms with Gasteiger partial charge in [-0.05, 0) is 12.1 Å². The number of ether oxygens (including phenoxy) is 1. The summed E-state index contributed by atoms with van der Waals surface area (Å²) >= 11 is 0. The number of rotatable bonds is 0. The van der Waals surface area contributed by atoms with Gasteiger partial charge in [0, 0.05) is 11.1 Å². The molecule has 2 rings (SSSR count). The summed E-state index contributed by atoms with van der Waals surface area (Å²) in [5, 5.41) is 0. The fourth-order valence-electron chi connectivity index (χ4n) is 1.45. The average Bonchev–Trinajstić information content (AvgIpc) is 2.54. The molecule has 0 radical (unpaired) electrons. The second kappa shape index (κ2) is 3.01. The van der Waals surface area contributed by atoms with Crippen molar-refractivity contribution in [1.82, 2.24) is 0 Å². The molecule has 1 aromatic carbocycles. The van der Waals surface area contributed by atoms with Crippen molar-refractivity contribution in [1.29, 1.82) is 0 Å². The highest BCUT2D eigenvalue weighted by Gasteiger charge is 2.34. The van der Waals surface area contributed by atoms with Crippen molar-refractivity contribution in [3.63, 3.8) is 0 Å². The SMILES string of the molecule is C#Cc1ccc(C#C)c2c1C(=O)OC2=O. The van der Waals surface area contributed by atoms with Crippen LogP contribution in [0.4, 0.5) is 0 Å². The van der Waals surface area contributed by atoms with Crippen molar-refractivity contribution in [2.75, 3.05) is 0 Å². The molecule has 1 heterocycles. The molecule has 0 aromatic heterocycles. The Morgan fingerprint density at radius 1 is 0.933 bits per heavy atom. The van der Waals surface area contributed by atoms with Crippen LogP contribution in [0.2, 0.25) is 0 Å². The van der Waals surface area contributed by atoms with Crippen LogP contribution in [0, 0.1) is 24.7 Å². The van der Waals surface area contributed by atoms with Gasteiger partial charge in [-0.2, -0.15) is 0 Å². The number of benzene rings is 1. The molecule has 70 valence electrons. The quantitative estimate of drug-likeness (QED) is 0.352. The Hall–Kier alpha value is -2.52. The zero-order valence-electron chi connectivity index (χ0n) is 7.53. The summed E-state index contributed by atoms with van der Waals surface area (Å²) in [6.45, 7) is 0. The van der Waals surface area contributed by atoms with Crippen molar-refractivity contribution in [3.8, 4) is 24.7 Å². The number of cyclic esters (lactones) is 2. The van der Waals surface area contributed by atoms with Crippen LogP contribution in [0.15, 0.2) is 12.1 Å². The third kappa shape index (κ3) is 1.11. The van der Waals surface area contributed by atoms with Gasteiger partial charge in [0.05, 0.1) is 11.1 Å². The number of hydrogen-bond donors (Lipinski definition) is 0. The molecule has 1 aliphatic heterocycles. The second-order valence-corrected chi connectivity index (χ2v) is 2.88. The molecule has 3 nitrogen and oxygen atoms in total. The predicted molar refractivity (Wildman–Crippen MR) is 52.1 cm³/mol. The number of esters is 2. The standard InChI is InChI=1S/C12H4O3/c1-3-7-5-6-8(4-2)10-9(7)11(13)15-12(10)14/h1-2,5-6H. The monoisotopic (exact) mass is 196 g/mol. The molecule has 1 aliphatic rings. The second-order valence-electron chi connectivity index (χ2n) is 2.88. The topological polar surface area (TPSA) is 43.4 Å². The minimum atomic E-state index is -0.736. The fourth-order valence-corrected chi connectivity index (χ4v) is 1.45. The van der Waals surface area contributed by atoms with Crippen LogP contribution in [0.5, 0.6) is 0 Å². The smallest absolute Gasteiger partial charge is 0.348 e. The Balaban J connectivity index is 2.87. The summed E-state index contributed by atoms with van der Waals surface area (Å²) in [6, 6.07) is 3.04. The van der Waals surface area contributed by atoms with Gasteiger partial charge in [0.15, 0.2) is 0 Å². The number of hydrogen-bond acceptors (Lipinski definition) is 3. The Morgan fingerprint density at radius 3 is 1.67 bits per heavy atom. The fraction of sp³-hybridized carbons (Fsp3) is 0. The first-order valence-corrected chi connectivity index (χ1v) is 4.05. The minimum absolute atomic E-state index is 0.0953. The Morgan fingerprint density at radius 2 is 1.33 bits per heavy atom. The van der Waals surface area contributed by atoms with Gasteiger partial charge in [0.2, 0.25) is 0 Å². The summed E-state index contributed by atoms with van der Waals surface area (Å²) in [5.74, 6) is 3.14. The van der Waals surface area contributed by atoms with Crippen molar-refractivity contribution in [3.05, 3.63) is 34.4 Å². The van der Waals surface area contributed by atoms with Crippen LogP contribution >= 0.6 is 0 Å². The summed E-state index contributed by atoms with van der Waals surface area (Å²) in [5.41, 5.74) is 0.829. The molecule has 15 heavy (non-hydrogen) atoms. The van der Waals surface area contributed by atoms with Crippen LogP contribution < -0.4 is 0 Å². The molecule has 0 aliphatic carbocycles. The van der Waals surface area contributed by atoms with Crippen molar-refractivity contribution in [2.45, 2.75) is 0 Å². The van der Waals surface area contributed by atoms with Crippen LogP contribution in [-0.4, -0.2) is 11.9 Å². The van der Waals surface area contributed by atoms with Crippen LogP contribution in [-0.2, 0) is 4.74 Å². The predicted octanol–water partition coefficient (Wildman–Crippen LogP) is 0.960. The lowest BCUT2D eigenvalue weighted by atomic mass is 9.98. The van der Waals surface area contributed by atoms with E-state index in [-0.39, 0.29) is 11.1 Å². The van der Waals surface area contributed by atoms with Crippen molar-refractivity contribution < 1.29 is 14.3 Å². The molecule has 0 fully saturated rings. The van der Waals surface area contributed by atoms with Gasteiger partial charge in [0.25, 0.3) is 0 Å². The molecule has 0 saturated carbocycles. The lowest BCUT2D eigenvalue weighted by Gasteiger charge is -1.99. The molecular formula is C12H4O3. The number of carbonyl (C=O) groups is 2. The molecule has 0 N–H and O–H groups in total. The molecule has 0 atom stereocenters. The molecule has 0 unspecified atom stereocenters. The number of fused-ring (bicyclic) bond motifs is 1. The number of terminal acetylenes is 2. The van der Waals surface area contributed by atoms with Gasteiger partial charge in [-0.15, -0.1) is 12.8 Å². The average molecular weight is 196 g/mol. The maximum absolute atomic E-state index is 11.3. The first kappa shape index (κ1) is 9.05. The third-order valence-corrected chi connectivity index (χ3v) is 2.11. The summed E-state index contributed by atoms with van der Waals surface area (Å²) in [4.78, 5) is 22.6. The van der Waals surface area contributed by atoms with Gasteiger partial charge in [-0.1, -0.05) is 11.8 Å². The summed E-state index contributed by atoms with van der Waals surface area (Å²) in [6.07, 6.45) is 10.4. The lowest BCUT2D eigenvalue weighted by molar-refractivity contribution is 0.0443. The zero-order valence-corrected chi connectivity index (χ0v) is 7.53. The molecule has 0 amide bonds. The third-order valence-electron chi connectivity index (χ3n) is 2.11. The molecule has 3 heteroatoms. The van der Waals surface area contributed by atoms with Crippen molar-refractivity contribution >= 4 is 11.9 Å². The zero-order chi connectivity index (χ0) is 11.0. The first-order chi connectivity index (χ1) is 7.19. The molecule has 1 aromatic rings. The highest BCUT2D eigenvalue weighted by Crippen LogP contribution is 2.26. The van der Waals surface area contributed by atoms with Crippen LogP contribution in [0.3, 0.4) is 0 Å². The van der Waals surface area contributed by atoms with E-state index in [9.17, 15) is 9.59 Å². The van der Waals surface area contributed by atoms with Gasteiger partial charge < -0.3 is 4.74 Å². The van der Waals surface area contributed by atoms with E-state index in [0.29, 0.717) is 11.1 Å². The van der Waals surface area contributed by atoms with Crippen molar-refractivity contribution in [2.24, 2.45) is 0 Å². The molecule has 0 saturated heterocycles. The molecule has 0 bridgehead atoms. The summed E-state index contributed by atoms with van der Waals surface area (Å²) < 4.78 is 4.45. The van der Waals surface area contributed by atoms with E-state index >= 15 is 0 Å². The Labute approximate surface area is 86.1 Å². The van der Waals surface area contributed by atoms with E-state index in [0.717, 1.165) is 0 Å². The van der Waals surface area contributed by atoms with Gasteiger partial charge in [-0.25, -0.2) is 9.59 Å². The largest absolute Gasteiger partial charge is 0.386 e. The van der Waals surface area contributed by atoms with Gasteiger partial charge >= 0.3 is 11.9 Å². The molecule has 0 spiro atoms. The minimum Gasteiger partial charge on any atom is -0.386 e. The Bertz CT molecular complexity index is 517. The number of carbonyl (C=O) groups excluding carboxylic acids is 2. The maximum atomic E-state index is 11.3. The van der Waals surface area contributed by atoms with Gasteiger partial charge in [0.1, 0.15) is 0 Å². The first-order valence-electron chi connectivity index (χ1n) is 4.05. The van der Waals surface area contributed by atoms with Crippen LogP contribution in [0.25, 0.3) is 0 Å². The highest BCUT2D eigenvalue weighted by molar-refractivity contribution is 6.17. The van der Waals surface area contributed by atoms with E-state index < -0.39 is 11.9 Å².